The molecule has 10 aromatic carbocycles. The third kappa shape index (κ3) is 6.16. The zero-order chi connectivity index (χ0) is 45.4. The molecule has 0 aliphatic rings. The van der Waals surface area contributed by atoms with Gasteiger partial charge in [0.25, 0.3) is 0 Å². The lowest BCUT2D eigenvalue weighted by atomic mass is 9.94. The molecule has 0 unspecified atom stereocenters. The second-order valence-corrected chi connectivity index (χ2v) is 17.6. The van der Waals surface area contributed by atoms with Crippen molar-refractivity contribution in [3.05, 3.63) is 243 Å². The number of aromatic nitrogens is 6. The molecule has 6 nitrogen and oxygen atoms in total. The Morgan fingerprint density at radius 1 is 0.246 bits per heavy atom. The number of nitrogens with zero attached hydrogens (tertiary/aromatic N) is 6. The van der Waals surface area contributed by atoms with Crippen molar-refractivity contribution < 1.29 is 0 Å². The van der Waals surface area contributed by atoms with Crippen molar-refractivity contribution in [2.75, 3.05) is 0 Å². The number of rotatable bonds is 7. The van der Waals surface area contributed by atoms with Crippen LogP contribution in [-0.4, -0.2) is 28.7 Å². The van der Waals surface area contributed by atoms with E-state index in [1.54, 1.807) is 0 Å². The molecule has 322 valence electrons. The largest absolute Gasteiger partial charge is 0.309 e. The summed E-state index contributed by atoms with van der Waals surface area (Å²) in [4.78, 5) is 16.2. The van der Waals surface area contributed by atoms with E-state index in [0.29, 0.717) is 17.6 Å². The van der Waals surface area contributed by atoms with E-state index < -0.39 is 0 Å². The lowest BCUT2D eigenvalue weighted by Gasteiger charge is -2.16. The minimum absolute atomic E-state index is 0.544. The summed E-state index contributed by atoms with van der Waals surface area (Å²) in [6.07, 6.45) is 0. The Morgan fingerprint density at radius 2 is 0.696 bits per heavy atom. The summed E-state index contributed by atoms with van der Waals surface area (Å²) in [6, 6.07) is 86.3. The summed E-state index contributed by atoms with van der Waals surface area (Å²) in [6.45, 7) is 0. The van der Waals surface area contributed by atoms with Crippen LogP contribution in [0.5, 0.6) is 0 Å². The monoisotopic (exact) mass is 880 g/mol. The van der Waals surface area contributed by atoms with Gasteiger partial charge in [0.1, 0.15) is 0 Å². The molecule has 0 saturated heterocycles. The minimum Gasteiger partial charge on any atom is -0.309 e. The van der Waals surface area contributed by atoms with Crippen molar-refractivity contribution in [3.8, 4) is 62.4 Å². The highest BCUT2D eigenvalue weighted by molar-refractivity contribution is 6.24. The standard InChI is InChI=1S/C63H40N6/c1-5-19-41(20-6-1)47-36-34-46(40-54(47)42-21-7-2-8-22-42)68-56-31-17-14-28-49(56)52-37-38-53-50-29-15-18-32-57(50)69(60(53)59(52)68)63-65-61(43-23-9-3-10-24-43)64-62(66-63)44-33-35-51-48-27-13-16-30-55(48)67(58(51)39-44)45-25-11-4-12-26-45/h1-40H. The molecule has 0 atom stereocenters. The van der Waals surface area contributed by atoms with Gasteiger partial charge in [0.15, 0.2) is 11.6 Å². The van der Waals surface area contributed by atoms with Gasteiger partial charge in [-0.2, -0.15) is 9.97 Å². The van der Waals surface area contributed by atoms with Crippen molar-refractivity contribution in [3.63, 3.8) is 0 Å². The first-order chi connectivity index (χ1) is 34.2. The first-order valence-corrected chi connectivity index (χ1v) is 23.4. The Hall–Kier alpha value is -9.39. The second-order valence-electron chi connectivity index (χ2n) is 17.6. The van der Waals surface area contributed by atoms with Crippen LogP contribution in [0, 0.1) is 0 Å². The molecule has 0 aliphatic carbocycles. The Bertz CT molecular complexity index is 4280. The van der Waals surface area contributed by atoms with Crippen molar-refractivity contribution >= 4 is 65.4 Å². The number of benzene rings is 10. The lowest BCUT2D eigenvalue weighted by molar-refractivity contribution is 0.953. The van der Waals surface area contributed by atoms with Crippen LogP contribution in [-0.2, 0) is 0 Å². The van der Waals surface area contributed by atoms with E-state index in [1.807, 2.05) is 18.2 Å². The maximum atomic E-state index is 5.52. The second kappa shape index (κ2) is 15.6. The predicted molar refractivity (Wildman–Crippen MR) is 285 cm³/mol. The summed E-state index contributed by atoms with van der Waals surface area (Å²) in [5.74, 6) is 1.73. The maximum Gasteiger partial charge on any atom is 0.238 e. The van der Waals surface area contributed by atoms with Gasteiger partial charge in [-0.05, 0) is 70.8 Å². The summed E-state index contributed by atoms with van der Waals surface area (Å²) < 4.78 is 7.06. The van der Waals surface area contributed by atoms with Gasteiger partial charge in [-0.25, -0.2) is 4.98 Å². The maximum absolute atomic E-state index is 5.52. The molecular formula is C63H40N6. The summed E-state index contributed by atoms with van der Waals surface area (Å²) in [5.41, 5.74) is 15.1. The SMILES string of the molecule is c1ccc(-c2nc(-c3ccc4c5ccccc5n(-c5ccccc5)c4c3)nc(-n3c4ccccc4c4ccc5c6ccccc6n(-c6ccc(-c7ccccc7)c(-c7ccccc7)c6)c5c43)n2)cc1. The molecule has 0 spiro atoms. The van der Waals surface area contributed by atoms with Crippen LogP contribution in [0.2, 0.25) is 0 Å². The Morgan fingerprint density at radius 3 is 1.32 bits per heavy atom. The first-order valence-electron chi connectivity index (χ1n) is 23.4. The van der Waals surface area contributed by atoms with Gasteiger partial charge in [-0.1, -0.05) is 194 Å². The van der Waals surface area contributed by atoms with Gasteiger partial charge in [-0.3, -0.25) is 4.57 Å². The molecule has 0 saturated carbocycles. The van der Waals surface area contributed by atoms with Crippen molar-refractivity contribution in [2.45, 2.75) is 0 Å². The van der Waals surface area contributed by atoms with E-state index in [9.17, 15) is 0 Å². The van der Waals surface area contributed by atoms with E-state index in [1.165, 1.54) is 27.3 Å². The van der Waals surface area contributed by atoms with E-state index >= 15 is 0 Å². The molecule has 4 aromatic heterocycles. The highest BCUT2D eigenvalue weighted by Gasteiger charge is 2.25. The molecule has 0 bridgehead atoms. The van der Waals surface area contributed by atoms with Crippen molar-refractivity contribution in [2.24, 2.45) is 0 Å². The predicted octanol–water partition coefficient (Wildman–Crippen LogP) is 15.8. The van der Waals surface area contributed by atoms with E-state index in [-0.39, 0.29) is 0 Å². The molecule has 0 fully saturated rings. The molecule has 14 rings (SSSR count). The molecule has 0 aliphatic heterocycles. The topological polar surface area (TPSA) is 53.5 Å². The molecule has 0 amide bonds. The summed E-state index contributed by atoms with van der Waals surface area (Å²) in [7, 11) is 0. The highest BCUT2D eigenvalue weighted by Crippen LogP contribution is 2.43. The smallest absolute Gasteiger partial charge is 0.238 e. The number of hydrogen-bond acceptors (Lipinski definition) is 3. The number of fused-ring (bicyclic) bond motifs is 10. The molecule has 14 aromatic rings. The first kappa shape index (κ1) is 38.8. The normalized spacial score (nSPS) is 11.8. The van der Waals surface area contributed by atoms with Crippen LogP contribution in [0.1, 0.15) is 0 Å². The lowest BCUT2D eigenvalue weighted by Crippen LogP contribution is -2.07. The van der Waals surface area contributed by atoms with Crippen molar-refractivity contribution in [1.29, 1.82) is 0 Å². The quantitative estimate of drug-likeness (QED) is 0.160. The molecule has 4 heterocycles. The fourth-order valence-corrected chi connectivity index (χ4v) is 10.6. The number of para-hydroxylation sites is 4. The Kier molecular flexibility index (Phi) is 8.79. The molecular weight excluding hydrogens is 841 g/mol. The zero-order valence-corrected chi connectivity index (χ0v) is 37.3. The fourth-order valence-electron chi connectivity index (χ4n) is 10.6. The van der Waals surface area contributed by atoms with Crippen LogP contribution in [0.3, 0.4) is 0 Å². The van der Waals surface area contributed by atoms with Gasteiger partial charge in [0, 0.05) is 54.8 Å². The van der Waals surface area contributed by atoms with Gasteiger partial charge < -0.3 is 9.13 Å². The number of hydrogen-bond donors (Lipinski definition) is 0. The Balaban J connectivity index is 1.07. The third-order valence-corrected chi connectivity index (χ3v) is 13.7. The van der Waals surface area contributed by atoms with Crippen LogP contribution in [0.25, 0.3) is 128 Å². The molecule has 6 heteroatoms. The summed E-state index contributed by atoms with van der Waals surface area (Å²) in [5, 5.41) is 6.91. The summed E-state index contributed by atoms with van der Waals surface area (Å²) >= 11 is 0. The molecule has 0 N–H and O–H groups in total. The highest BCUT2D eigenvalue weighted by atomic mass is 15.2. The average Bonchev–Trinajstić information content (AvgIpc) is 4.07. The van der Waals surface area contributed by atoms with Crippen LogP contribution < -0.4 is 0 Å². The van der Waals surface area contributed by atoms with Crippen LogP contribution in [0.4, 0.5) is 0 Å². The van der Waals surface area contributed by atoms with Crippen molar-refractivity contribution in [1.82, 2.24) is 28.7 Å². The van der Waals surface area contributed by atoms with Crippen LogP contribution in [0.15, 0.2) is 243 Å². The van der Waals surface area contributed by atoms with E-state index in [0.717, 1.165) is 82.9 Å². The molecule has 69 heavy (non-hydrogen) atoms. The van der Waals surface area contributed by atoms with E-state index in [2.05, 4.69) is 238 Å². The van der Waals surface area contributed by atoms with Crippen LogP contribution >= 0.6 is 0 Å². The van der Waals surface area contributed by atoms with Gasteiger partial charge in [-0.15, -0.1) is 0 Å². The minimum atomic E-state index is 0.544. The third-order valence-electron chi connectivity index (χ3n) is 13.7. The van der Waals surface area contributed by atoms with E-state index in [4.69, 9.17) is 15.0 Å². The van der Waals surface area contributed by atoms with Gasteiger partial charge in [0.05, 0.1) is 33.1 Å². The molecule has 0 radical (unpaired) electrons. The van der Waals surface area contributed by atoms with Gasteiger partial charge >= 0.3 is 0 Å². The average molecular weight is 881 g/mol. The zero-order valence-electron chi connectivity index (χ0n) is 37.3. The Labute approximate surface area is 397 Å². The fraction of sp³-hybridized carbons (Fsp3) is 0. The van der Waals surface area contributed by atoms with Gasteiger partial charge in [0.2, 0.25) is 5.95 Å².